The first kappa shape index (κ1) is 32.7. The molecule has 3 heterocycles. The summed E-state index contributed by atoms with van der Waals surface area (Å²) in [6, 6.07) is 69.5. The predicted octanol–water partition coefficient (Wildman–Crippen LogP) is 13.0. The second kappa shape index (κ2) is 13.5. The zero-order chi connectivity index (χ0) is 37.7. The summed E-state index contributed by atoms with van der Waals surface area (Å²) in [6.45, 7) is 0. The van der Waals surface area contributed by atoms with Gasteiger partial charge in [0.2, 0.25) is 0 Å². The van der Waals surface area contributed by atoms with Crippen molar-refractivity contribution in [1.29, 1.82) is 0 Å². The van der Waals surface area contributed by atoms with Gasteiger partial charge < -0.3 is 0 Å². The van der Waals surface area contributed by atoms with Crippen LogP contribution >= 0.6 is 0 Å². The van der Waals surface area contributed by atoms with E-state index in [1.165, 1.54) is 0 Å². The molecule has 0 N–H and O–H groups in total. The van der Waals surface area contributed by atoms with Gasteiger partial charge in [-0.05, 0) is 52.9 Å². The summed E-state index contributed by atoms with van der Waals surface area (Å²) in [6.07, 6.45) is 0. The molecule has 0 saturated heterocycles. The average molecular weight is 728 g/mol. The standard InChI is InChI=1S/C52H33N5/c1-4-17-35(18-5-1)47-44-31-30-34-16-10-11-27-42(34)49(44)55-50(53-47)39-23-14-21-37(32-39)38-22-15-24-40(33-38)51-54-48(36-19-6-2-7-20-36)46-43-28-12-13-29-45(43)57(52(46)56-51)41-25-8-3-9-26-41/h1-33H. The lowest BCUT2D eigenvalue weighted by Gasteiger charge is -2.13. The average Bonchev–Trinajstić information content (AvgIpc) is 3.63. The monoisotopic (exact) mass is 727 g/mol. The second-order valence-corrected chi connectivity index (χ2v) is 14.3. The van der Waals surface area contributed by atoms with Gasteiger partial charge in [0.25, 0.3) is 0 Å². The molecule has 0 spiro atoms. The Morgan fingerprint density at radius 2 is 0.860 bits per heavy atom. The highest BCUT2D eigenvalue weighted by atomic mass is 15.1. The Bertz CT molecular complexity index is 3280. The van der Waals surface area contributed by atoms with E-state index in [4.69, 9.17) is 19.9 Å². The summed E-state index contributed by atoms with van der Waals surface area (Å²) in [4.78, 5) is 21.2. The highest BCUT2D eigenvalue weighted by Gasteiger charge is 2.21. The van der Waals surface area contributed by atoms with Crippen molar-refractivity contribution in [2.45, 2.75) is 0 Å². The van der Waals surface area contributed by atoms with Crippen molar-refractivity contribution >= 4 is 43.6 Å². The van der Waals surface area contributed by atoms with Crippen LogP contribution < -0.4 is 0 Å². The molecule has 5 nitrogen and oxygen atoms in total. The number of para-hydroxylation sites is 2. The molecule has 11 aromatic rings. The molecule has 0 atom stereocenters. The van der Waals surface area contributed by atoms with E-state index < -0.39 is 0 Å². The fourth-order valence-corrected chi connectivity index (χ4v) is 8.11. The van der Waals surface area contributed by atoms with Crippen LogP contribution in [0.15, 0.2) is 200 Å². The lowest BCUT2D eigenvalue weighted by Crippen LogP contribution is -1.99. The summed E-state index contributed by atoms with van der Waals surface area (Å²) in [7, 11) is 0. The molecular formula is C52H33N5. The van der Waals surface area contributed by atoms with Crippen molar-refractivity contribution in [3.63, 3.8) is 0 Å². The molecule has 5 heteroatoms. The summed E-state index contributed by atoms with van der Waals surface area (Å²) >= 11 is 0. The number of rotatable bonds is 6. The molecular weight excluding hydrogens is 695 g/mol. The number of fused-ring (bicyclic) bond motifs is 6. The molecule has 0 bridgehead atoms. The molecule has 0 aliphatic rings. The molecule has 3 aromatic heterocycles. The largest absolute Gasteiger partial charge is 0.294 e. The quantitative estimate of drug-likeness (QED) is 0.160. The first-order valence-electron chi connectivity index (χ1n) is 19.1. The van der Waals surface area contributed by atoms with Gasteiger partial charge in [-0.3, -0.25) is 4.57 Å². The third-order valence-corrected chi connectivity index (χ3v) is 10.8. The molecule has 0 amide bonds. The number of nitrogens with zero attached hydrogens (tertiary/aromatic N) is 5. The Morgan fingerprint density at radius 3 is 1.56 bits per heavy atom. The third kappa shape index (κ3) is 5.64. The van der Waals surface area contributed by atoms with Gasteiger partial charge in [0.05, 0.1) is 27.8 Å². The van der Waals surface area contributed by atoms with E-state index >= 15 is 0 Å². The molecule has 0 saturated carbocycles. The highest BCUT2D eigenvalue weighted by molar-refractivity contribution is 6.14. The topological polar surface area (TPSA) is 56.5 Å². The first-order chi connectivity index (χ1) is 28.3. The van der Waals surface area contributed by atoms with Gasteiger partial charge in [-0.2, -0.15) is 0 Å². The predicted molar refractivity (Wildman–Crippen MR) is 234 cm³/mol. The van der Waals surface area contributed by atoms with E-state index in [0.717, 1.165) is 94.1 Å². The zero-order valence-corrected chi connectivity index (χ0v) is 30.8. The minimum Gasteiger partial charge on any atom is -0.294 e. The molecule has 11 rings (SSSR count). The maximum absolute atomic E-state index is 5.37. The Hall–Kier alpha value is -7.76. The van der Waals surface area contributed by atoms with Crippen LogP contribution in [-0.4, -0.2) is 24.5 Å². The smallest absolute Gasteiger partial charge is 0.162 e. The highest BCUT2D eigenvalue weighted by Crippen LogP contribution is 2.39. The second-order valence-electron chi connectivity index (χ2n) is 14.3. The summed E-state index contributed by atoms with van der Waals surface area (Å²) in [5, 5.41) is 5.45. The van der Waals surface area contributed by atoms with Crippen molar-refractivity contribution in [1.82, 2.24) is 24.5 Å². The van der Waals surface area contributed by atoms with E-state index in [2.05, 4.69) is 187 Å². The fourth-order valence-electron chi connectivity index (χ4n) is 8.11. The molecule has 0 radical (unpaired) electrons. The van der Waals surface area contributed by atoms with Crippen LogP contribution in [0.2, 0.25) is 0 Å². The Labute approximate surface area is 329 Å². The lowest BCUT2D eigenvalue weighted by atomic mass is 9.99. The van der Waals surface area contributed by atoms with E-state index in [-0.39, 0.29) is 0 Å². The van der Waals surface area contributed by atoms with Crippen molar-refractivity contribution in [2.75, 3.05) is 0 Å². The molecule has 0 aliphatic heterocycles. The molecule has 0 aliphatic carbocycles. The zero-order valence-electron chi connectivity index (χ0n) is 30.8. The van der Waals surface area contributed by atoms with E-state index in [0.29, 0.717) is 11.6 Å². The minimum atomic E-state index is 0.664. The van der Waals surface area contributed by atoms with Crippen LogP contribution in [0.3, 0.4) is 0 Å². The summed E-state index contributed by atoms with van der Waals surface area (Å²) in [5.41, 5.74) is 11.9. The van der Waals surface area contributed by atoms with Crippen molar-refractivity contribution < 1.29 is 0 Å². The number of hydrogen-bond acceptors (Lipinski definition) is 4. The van der Waals surface area contributed by atoms with Crippen molar-refractivity contribution in [3.8, 4) is 62.1 Å². The van der Waals surface area contributed by atoms with Gasteiger partial charge in [-0.1, -0.05) is 164 Å². The lowest BCUT2D eigenvalue weighted by molar-refractivity contribution is 1.11. The third-order valence-electron chi connectivity index (χ3n) is 10.8. The first-order valence-corrected chi connectivity index (χ1v) is 19.1. The maximum atomic E-state index is 5.37. The van der Waals surface area contributed by atoms with Crippen molar-refractivity contribution in [2.24, 2.45) is 0 Å². The van der Waals surface area contributed by atoms with Crippen LogP contribution in [0, 0.1) is 0 Å². The van der Waals surface area contributed by atoms with Crippen LogP contribution in [0.4, 0.5) is 0 Å². The molecule has 8 aromatic carbocycles. The number of hydrogen-bond donors (Lipinski definition) is 0. The van der Waals surface area contributed by atoms with Crippen LogP contribution in [0.5, 0.6) is 0 Å². The normalized spacial score (nSPS) is 11.5. The number of benzene rings is 8. The molecule has 0 unspecified atom stereocenters. The Balaban J connectivity index is 1.08. The molecule has 266 valence electrons. The molecule has 0 fully saturated rings. The van der Waals surface area contributed by atoms with Gasteiger partial charge in [-0.15, -0.1) is 0 Å². The van der Waals surface area contributed by atoms with Crippen LogP contribution in [0.1, 0.15) is 0 Å². The fraction of sp³-hybridized carbons (Fsp3) is 0. The minimum absolute atomic E-state index is 0.664. The van der Waals surface area contributed by atoms with Gasteiger partial charge in [0.15, 0.2) is 11.6 Å². The van der Waals surface area contributed by atoms with Gasteiger partial charge in [0.1, 0.15) is 5.65 Å². The van der Waals surface area contributed by atoms with E-state index in [1.807, 2.05) is 18.2 Å². The molecule has 57 heavy (non-hydrogen) atoms. The SMILES string of the molecule is c1ccc(-c2nc(-c3cccc(-c4cccc(-c5nc(-c6ccccc6)c6c7ccccc7n(-c7ccccc7)c6n5)c4)c3)nc3c2ccc2ccccc23)cc1. The van der Waals surface area contributed by atoms with Crippen LogP contribution in [-0.2, 0) is 0 Å². The summed E-state index contributed by atoms with van der Waals surface area (Å²) in [5.74, 6) is 1.35. The van der Waals surface area contributed by atoms with Crippen molar-refractivity contribution in [3.05, 3.63) is 200 Å². The van der Waals surface area contributed by atoms with Gasteiger partial charge >= 0.3 is 0 Å². The van der Waals surface area contributed by atoms with E-state index in [1.54, 1.807) is 0 Å². The van der Waals surface area contributed by atoms with Crippen LogP contribution in [0.25, 0.3) is 106 Å². The Kier molecular flexibility index (Phi) is 7.74. The Morgan fingerprint density at radius 1 is 0.333 bits per heavy atom. The van der Waals surface area contributed by atoms with Gasteiger partial charge in [-0.25, -0.2) is 19.9 Å². The maximum Gasteiger partial charge on any atom is 0.162 e. The van der Waals surface area contributed by atoms with E-state index in [9.17, 15) is 0 Å². The number of aromatic nitrogens is 5. The summed E-state index contributed by atoms with van der Waals surface area (Å²) < 4.78 is 2.26. The van der Waals surface area contributed by atoms with Gasteiger partial charge in [0, 0.05) is 44.1 Å².